The van der Waals surface area contributed by atoms with Gasteiger partial charge in [-0.05, 0) is 0 Å². The van der Waals surface area contributed by atoms with Crippen molar-refractivity contribution < 1.29 is 94.2 Å². The number of aliphatic carboxylic acids is 1. The number of hydrogen-bond acceptors (Lipinski definition) is 18. The van der Waals surface area contributed by atoms with Gasteiger partial charge in [-0.25, -0.2) is 4.79 Å². The molecule has 3 saturated heterocycles. The van der Waals surface area contributed by atoms with Crippen molar-refractivity contribution in [2.75, 3.05) is 19.8 Å². The first-order chi connectivity index (χ1) is 21.5. The third kappa shape index (κ3) is 8.08. The highest BCUT2D eigenvalue weighted by molar-refractivity contribution is 5.76. The zero-order valence-electron chi connectivity index (χ0n) is 24.7. The van der Waals surface area contributed by atoms with E-state index in [0.29, 0.717) is 0 Å². The highest BCUT2D eigenvalue weighted by Gasteiger charge is 2.60. The third-order valence-electron chi connectivity index (χ3n) is 7.87. The molecule has 21 heteroatoms. The molecule has 3 fully saturated rings. The number of ether oxygens (including phenoxy) is 5. The van der Waals surface area contributed by atoms with Crippen molar-refractivity contribution >= 4 is 17.8 Å². The van der Waals surface area contributed by atoms with E-state index in [4.69, 9.17) is 23.7 Å². The number of amides is 2. The van der Waals surface area contributed by atoms with E-state index in [1.807, 2.05) is 0 Å². The van der Waals surface area contributed by atoms with Gasteiger partial charge in [0.1, 0.15) is 67.1 Å². The Morgan fingerprint density at radius 3 is 1.96 bits per heavy atom. The van der Waals surface area contributed by atoms with Gasteiger partial charge >= 0.3 is 5.97 Å². The molecule has 0 saturated carbocycles. The lowest BCUT2D eigenvalue weighted by atomic mass is 9.88. The second kappa shape index (κ2) is 15.8. The SMILES string of the molecule is CC(=O)N[C@H]1[C@H]([C@H](O)[C@H](O)CO)O[C@@](O[C@H]2[C@@H](O)[C@@H](CO)O[C@@H](O[C@@H]3[C@H](O)[C@@H](NC(C)=O)C(O)O[C@@H]3CO)[C@@H]2O)(C(=O)O)C[C@@H]1O. The maximum atomic E-state index is 12.6. The number of carboxylic acid groups (broad SMARTS) is 1. The molecule has 13 N–H and O–H groups in total. The zero-order chi connectivity index (χ0) is 34.7. The molecule has 3 heterocycles. The van der Waals surface area contributed by atoms with Crippen molar-refractivity contribution in [2.24, 2.45) is 0 Å². The first kappa shape index (κ1) is 38.3. The summed E-state index contributed by atoms with van der Waals surface area (Å²) in [4.78, 5) is 36.0. The average Bonchev–Trinajstić information content (AvgIpc) is 2.99. The molecule has 0 aliphatic carbocycles. The molecule has 2 amide bonds. The number of aliphatic hydroxyl groups excluding tert-OH is 10. The monoisotopic (exact) mass is 674 g/mol. The van der Waals surface area contributed by atoms with Crippen molar-refractivity contribution in [3.05, 3.63) is 0 Å². The molecule has 0 radical (unpaired) electrons. The Balaban J connectivity index is 1.95. The van der Waals surface area contributed by atoms with Crippen LogP contribution < -0.4 is 10.6 Å². The highest BCUT2D eigenvalue weighted by Crippen LogP contribution is 2.38. The topological polar surface area (TPSA) is 344 Å². The second-order valence-corrected chi connectivity index (χ2v) is 11.2. The van der Waals surface area contributed by atoms with E-state index in [1.54, 1.807) is 0 Å². The lowest BCUT2D eigenvalue weighted by molar-refractivity contribution is -0.382. The maximum absolute atomic E-state index is 12.6. The number of carboxylic acids is 1. The largest absolute Gasteiger partial charge is 0.477 e. The number of rotatable bonds is 12. The molecule has 0 aromatic carbocycles. The predicted octanol–water partition coefficient (Wildman–Crippen LogP) is -8.08. The van der Waals surface area contributed by atoms with Gasteiger partial charge in [-0.2, -0.15) is 0 Å². The van der Waals surface area contributed by atoms with Crippen LogP contribution in [0.4, 0.5) is 0 Å². The van der Waals surface area contributed by atoms with E-state index in [0.717, 1.165) is 13.8 Å². The minimum atomic E-state index is -3.04. The molecule has 16 atom stereocenters. The van der Waals surface area contributed by atoms with Crippen LogP contribution in [-0.4, -0.2) is 191 Å². The van der Waals surface area contributed by atoms with Crippen molar-refractivity contribution in [2.45, 2.75) is 118 Å². The quantitative estimate of drug-likeness (QED) is 0.0913. The minimum Gasteiger partial charge on any atom is -0.477 e. The summed E-state index contributed by atoms with van der Waals surface area (Å²) in [5.41, 5.74) is 0. The van der Waals surface area contributed by atoms with Crippen LogP contribution in [0.1, 0.15) is 20.3 Å². The van der Waals surface area contributed by atoms with Crippen LogP contribution >= 0.6 is 0 Å². The molecule has 21 nitrogen and oxygen atoms in total. The van der Waals surface area contributed by atoms with Crippen LogP contribution in [0.3, 0.4) is 0 Å². The molecule has 0 spiro atoms. The van der Waals surface area contributed by atoms with Crippen LogP contribution in [0, 0.1) is 0 Å². The van der Waals surface area contributed by atoms with E-state index >= 15 is 0 Å². The Kier molecular flexibility index (Phi) is 13.1. The number of nitrogens with one attached hydrogen (secondary N) is 2. The van der Waals surface area contributed by atoms with Crippen molar-refractivity contribution in [3.8, 4) is 0 Å². The molecular formula is C25H42N2O19. The standard InChI is InChI=1S/C25H42N2O19/c1-7(31)26-13-9(33)3-25(24(40)41,45-20(13)15(35)10(34)4-28)46-21-16(36)11(5-29)43-23(18(21)38)44-19-12(6-30)42-22(39)14(17(19)37)27-8(2)32/h9-23,28-30,33-39H,3-6H2,1-2H3,(H,26,31)(H,27,32)(H,40,41)/t9-,10+,11+,12+,13+,14+,15+,16-,17+,18+,19-,20+,21-,22?,23-,25-/m0/s1. The van der Waals surface area contributed by atoms with E-state index in [2.05, 4.69) is 10.6 Å². The lowest BCUT2D eigenvalue weighted by Gasteiger charge is -2.50. The molecule has 3 aliphatic rings. The number of carbonyl (C=O) groups excluding carboxylic acids is 2. The second-order valence-electron chi connectivity index (χ2n) is 11.2. The Hall–Kier alpha value is -2.19. The van der Waals surface area contributed by atoms with Crippen LogP contribution in [0.2, 0.25) is 0 Å². The Morgan fingerprint density at radius 1 is 0.848 bits per heavy atom. The molecule has 1 unspecified atom stereocenters. The summed E-state index contributed by atoms with van der Waals surface area (Å²) in [7, 11) is 0. The van der Waals surface area contributed by atoms with Crippen molar-refractivity contribution in [3.63, 3.8) is 0 Å². The van der Waals surface area contributed by atoms with Gasteiger partial charge in [0.05, 0.1) is 32.0 Å². The van der Waals surface area contributed by atoms with Gasteiger partial charge in [0, 0.05) is 20.3 Å². The van der Waals surface area contributed by atoms with Crippen LogP contribution in [0.5, 0.6) is 0 Å². The van der Waals surface area contributed by atoms with Gasteiger partial charge in [0.25, 0.3) is 5.79 Å². The molecule has 0 bridgehead atoms. The summed E-state index contributed by atoms with van der Waals surface area (Å²) in [6.07, 6.45) is -25.7. The normalized spacial score (nSPS) is 42.9. The molecule has 0 aromatic heterocycles. The van der Waals surface area contributed by atoms with E-state index in [-0.39, 0.29) is 0 Å². The number of hydrogen-bond donors (Lipinski definition) is 13. The summed E-state index contributed by atoms with van der Waals surface area (Å²) in [6.45, 7) is -0.789. The van der Waals surface area contributed by atoms with Crippen LogP contribution in [0.25, 0.3) is 0 Å². The molecular weight excluding hydrogens is 632 g/mol. The average molecular weight is 675 g/mol. The van der Waals surface area contributed by atoms with E-state index < -0.39 is 142 Å². The van der Waals surface area contributed by atoms with Crippen LogP contribution in [0.15, 0.2) is 0 Å². The number of aliphatic hydroxyl groups is 10. The smallest absolute Gasteiger partial charge is 0.364 e. The maximum Gasteiger partial charge on any atom is 0.364 e. The Morgan fingerprint density at radius 2 is 1.43 bits per heavy atom. The Labute approximate surface area is 260 Å². The van der Waals surface area contributed by atoms with Crippen LogP contribution in [-0.2, 0) is 38.1 Å². The third-order valence-corrected chi connectivity index (χ3v) is 7.87. The van der Waals surface area contributed by atoms with Gasteiger partial charge in [-0.15, -0.1) is 0 Å². The fourth-order valence-corrected chi connectivity index (χ4v) is 5.57. The molecule has 3 rings (SSSR count). The van der Waals surface area contributed by atoms with E-state index in [9.17, 15) is 70.6 Å². The number of carbonyl (C=O) groups is 3. The van der Waals surface area contributed by atoms with Crippen molar-refractivity contribution in [1.29, 1.82) is 0 Å². The van der Waals surface area contributed by atoms with Gasteiger partial charge in [0.15, 0.2) is 12.6 Å². The zero-order valence-corrected chi connectivity index (χ0v) is 24.7. The minimum absolute atomic E-state index is 0.692. The van der Waals surface area contributed by atoms with Gasteiger partial charge in [-0.3, -0.25) is 9.59 Å². The van der Waals surface area contributed by atoms with E-state index in [1.165, 1.54) is 0 Å². The summed E-state index contributed by atoms with van der Waals surface area (Å²) >= 11 is 0. The lowest BCUT2D eigenvalue weighted by Crippen LogP contribution is -2.71. The molecule has 0 aromatic rings. The first-order valence-corrected chi connectivity index (χ1v) is 14.2. The highest BCUT2D eigenvalue weighted by atomic mass is 16.8. The van der Waals surface area contributed by atoms with Gasteiger partial charge in [-0.1, -0.05) is 0 Å². The summed E-state index contributed by atoms with van der Waals surface area (Å²) < 4.78 is 27.4. The summed E-state index contributed by atoms with van der Waals surface area (Å²) in [5, 5.41) is 118. The summed E-state index contributed by atoms with van der Waals surface area (Å²) in [5.74, 6) is -6.46. The fraction of sp³-hybridized carbons (Fsp3) is 0.880. The summed E-state index contributed by atoms with van der Waals surface area (Å²) in [6, 6.07) is -3.05. The molecule has 46 heavy (non-hydrogen) atoms. The molecule has 266 valence electrons. The fourth-order valence-electron chi connectivity index (χ4n) is 5.57. The predicted molar refractivity (Wildman–Crippen MR) is 142 cm³/mol. The van der Waals surface area contributed by atoms with Crippen molar-refractivity contribution in [1.82, 2.24) is 10.6 Å². The first-order valence-electron chi connectivity index (χ1n) is 14.2. The molecule has 3 aliphatic heterocycles. The van der Waals surface area contributed by atoms with Gasteiger partial charge < -0.3 is 90.5 Å². The van der Waals surface area contributed by atoms with Gasteiger partial charge in [0.2, 0.25) is 11.8 Å². The Bertz CT molecular complexity index is 1050.